The van der Waals surface area contributed by atoms with Gasteiger partial charge in [0.2, 0.25) is 15.9 Å². The number of nitrogens with zero attached hydrogens (tertiary/aromatic N) is 2. The Balaban J connectivity index is 1.99. The third-order valence-corrected chi connectivity index (χ3v) is 6.16. The fourth-order valence-corrected chi connectivity index (χ4v) is 3.87. The van der Waals surface area contributed by atoms with Gasteiger partial charge >= 0.3 is 0 Å². The van der Waals surface area contributed by atoms with Crippen molar-refractivity contribution in [3.05, 3.63) is 29.8 Å². The lowest BCUT2D eigenvalue weighted by molar-refractivity contribution is -0.127. The molecule has 0 aliphatic carbocycles. The van der Waals surface area contributed by atoms with Gasteiger partial charge in [-0.2, -0.15) is 4.31 Å². The summed E-state index contributed by atoms with van der Waals surface area (Å²) < 4.78 is 36.2. The molecular weight excluding hydrogens is 368 g/mol. The van der Waals surface area contributed by atoms with Crippen LogP contribution in [0.4, 0.5) is 0 Å². The lowest BCUT2D eigenvalue weighted by Crippen LogP contribution is -2.50. The molecule has 0 bridgehead atoms. The SMILES string of the molecule is CCS(=O)(=O)N1CCN(C(=O)/C=C/c2ccc(OC(C)C)c(OC)c2)CC1. The molecule has 1 fully saturated rings. The van der Waals surface area contributed by atoms with E-state index in [4.69, 9.17) is 9.47 Å². The maximum Gasteiger partial charge on any atom is 0.246 e. The normalized spacial score (nSPS) is 16.1. The van der Waals surface area contributed by atoms with E-state index in [-0.39, 0.29) is 17.8 Å². The van der Waals surface area contributed by atoms with Crippen molar-refractivity contribution in [1.29, 1.82) is 0 Å². The fourth-order valence-electron chi connectivity index (χ4n) is 2.78. The van der Waals surface area contributed by atoms with Crippen molar-refractivity contribution >= 4 is 22.0 Å². The number of hydrogen-bond donors (Lipinski definition) is 0. The Morgan fingerprint density at radius 1 is 1.19 bits per heavy atom. The van der Waals surface area contributed by atoms with Crippen LogP contribution in [0.1, 0.15) is 26.3 Å². The Kier molecular flexibility index (Phi) is 7.26. The first-order chi connectivity index (χ1) is 12.8. The van der Waals surface area contributed by atoms with Crippen LogP contribution in [-0.2, 0) is 14.8 Å². The maximum atomic E-state index is 12.4. The standard InChI is InChI=1S/C19H28N2O5S/c1-5-27(23,24)21-12-10-20(11-13-21)19(22)9-7-16-6-8-17(26-15(2)3)18(14-16)25-4/h6-9,14-15H,5,10-13H2,1-4H3/b9-7+. The second-order valence-electron chi connectivity index (χ2n) is 6.54. The number of amides is 1. The highest BCUT2D eigenvalue weighted by molar-refractivity contribution is 7.89. The molecule has 0 radical (unpaired) electrons. The first-order valence-electron chi connectivity index (χ1n) is 9.06. The molecular formula is C19H28N2O5S. The zero-order chi connectivity index (χ0) is 20.0. The van der Waals surface area contributed by atoms with Gasteiger partial charge in [-0.1, -0.05) is 6.07 Å². The molecule has 1 aliphatic rings. The van der Waals surface area contributed by atoms with Gasteiger partial charge in [-0.3, -0.25) is 4.79 Å². The first kappa shape index (κ1) is 21.2. The highest BCUT2D eigenvalue weighted by atomic mass is 32.2. The zero-order valence-corrected chi connectivity index (χ0v) is 17.2. The molecule has 1 aliphatic heterocycles. The van der Waals surface area contributed by atoms with Crippen molar-refractivity contribution in [1.82, 2.24) is 9.21 Å². The molecule has 0 atom stereocenters. The van der Waals surface area contributed by atoms with Crippen molar-refractivity contribution in [2.45, 2.75) is 26.9 Å². The number of sulfonamides is 1. The molecule has 1 amide bonds. The molecule has 8 heteroatoms. The summed E-state index contributed by atoms with van der Waals surface area (Å²) in [6, 6.07) is 5.49. The first-order valence-corrected chi connectivity index (χ1v) is 10.7. The Hall–Kier alpha value is -2.06. The summed E-state index contributed by atoms with van der Waals surface area (Å²) in [5.41, 5.74) is 0.823. The Morgan fingerprint density at radius 3 is 2.41 bits per heavy atom. The van der Waals surface area contributed by atoms with Crippen LogP contribution >= 0.6 is 0 Å². The maximum absolute atomic E-state index is 12.4. The van der Waals surface area contributed by atoms with Gasteiger partial charge in [-0.05, 0) is 44.5 Å². The number of benzene rings is 1. The van der Waals surface area contributed by atoms with Crippen LogP contribution in [0.5, 0.6) is 11.5 Å². The van der Waals surface area contributed by atoms with Gasteiger partial charge in [0.1, 0.15) is 0 Å². The van der Waals surface area contributed by atoms with Crippen LogP contribution in [0.3, 0.4) is 0 Å². The third-order valence-electron chi connectivity index (χ3n) is 4.28. The van der Waals surface area contributed by atoms with Crippen LogP contribution in [-0.4, -0.2) is 68.7 Å². The zero-order valence-electron chi connectivity index (χ0n) is 16.3. The molecule has 0 spiro atoms. The summed E-state index contributed by atoms with van der Waals surface area (Å²) in [5.74, 6) is 1.21. The molecule has 0 aromatic heterocycles. The summed E-state index contributed by atoms with van der Waals surface area (Å²) in [7, 11) is -1.62. The Morgan fingerprint density at radius 2 is 1.85 bits per heavy atom. The fraction of sp³-hybridized carbons (Fsp3) is 0.526. The van der Waals surface area contributed by atoms with E-state index in [1.165, 1.54) is 10.4 Å². The van der Waals surface area contributed by atoms with Crippen LogP contribution in [0.25, 0.3) is 6.08 Å². The minimum absolute atomic E-state index is 0.0389. The number of piperazine rings is 1. The quantitative estimate of drug-likeness (QED) is 0.659. The smallest absolute Gasteiger partial charge is 0.246 e. The van der Waals surface area contributed by atoms with Crippen molar-refractivity contribution in [2.24, 2.45) is 0 Å². The predicted octanol–water partition coefficient (Wildman–Crippen LogP) is 1.99. The number of ether oxygens (including phenoxy) is 2. The average Bonchev–Trinajstić information content (AvgIpc) is 2.66. The van der Waals surface area contributed by atoms with E-state index in [9.17, 15) is 13.2 Å². The third kappa shape index (κ3) is 5.71. The Bertz CT molecular complexity index is 781. The molecule has 1 aromatic rings. The average molecular weight is 397 g/mol. The molecule has 1 heterocycles. The van der Waals surface area contributed by atoms with E-state index in [0.717, 1.165) is 5.56 Å². The largest absolute Gasteiger partial charge is 0.493 e. The van der Waals surface area contributed by atoms with Gasteiger partial charge in [-0.25, -0.2) is 8.42 Å². The summed E-state index contributed by atoms with van der Waals surface area (Å²) in [5, 5.41) is 0. The molecule has 7 nitrogen and oxygen atoms in total. The van der Waals surface area contributed by atoms with Crippen molar-refractivity contribution in [2.75, 3.05) is 39.0 Å². The van der Waals surface area contributed by atoms with Crippen molar-refractivity contribution in [3.8, 4) is 11.5 Å². The van der Waals surface area contributed by atoms with Gasteiger partial charge < -0.3 is 14.4 Å². The number of hydrogen-bond acceptors (Lipinski definition) is 5. The topological polar surface area (TPSA) is 76.2 Å². The molecule has 27 heavy (non-hydrogen) atoms. The van der Waals surface area contributed by atoms with Crippen LogP contribution in [0.2, 0.25) is 0 Å². The molecule has 2 rings (SSSR count). The van der Waals surface area contributed by atoms with Gasteiger partial charge in [-0.15, -0.1) is 0 Å². The molecule has 0 unspecified atom stereocenters. The molecule has 1 saturated heterocycles. The molecule has 0 N–H and O–H groups in total. The molecule has 1 aromatic carbocycles. The van der Waals surface area contributed by atoms with Gasteiger partial charge in [0.15, 0.2) is 11.5 Å². The summed E-state index contributed by atoms with van der Waals surface area (Å²) >= 11 is 0. The van der Waals surface area contributed by atoms with E-state index in [1.807, 2.05) is 32.0 Å². The number of rotatable bonds is 7. The Labute approximate surface area is 161 Å². The van der Waals surface area contributed by atoms with E-state index in [1.54, 1.807) is 25.0 Å². The predicted molar refractivity (Wildman–Crippen MR) is 105 cm³/mol. The van der Waals surface area contributed by atoms with Crippen LogP contribution in [0, 0.1) is 0 Å². The van der Waals surface area contributed by atoms with Crippen molar-refractivity contribution in [3.63, 3.8) is 0 Å². The lowest BCUT2D eigenvalue weighted by atomic mass is 10.2. The van der Waals surface area contributed by atoms with Gasteiger partial charge in [0, 0.05) is 32.3 Å². The summed E-state index contributed by atoms with van der Waals surface area (Å²) in [6.45, 7) is 6.98. The highest BCUT2D eigenvalue weighted by Gasteiger charge is 2.26. The molecule has 150 valence electrons. The van der Waals surface area contributed by atoms with Crippen molar-refractivity contribution < 1.29 is 22.7 Å². The summed E-state index contributed by atoms with van der Waals surface area (Å²) in [6.07, 6.45) is 3.26. The van der Waals surface area contributed by atoms with E-state index in [2.05, 4.69) is 0 Å². The van der Waals surface area contributed by atoms with Crippen LogP contribution < -0.4 is 9.47 Å². The second kappa shape index (κ2) is 9.23. The minimum atomic E-state index is -3.19. The second-order valence-corrected chi connectivity index (χ2v) is 8.79. The van der Waals surface area contributed by atoms with Crippen LogP contribution in [0.15, 0.2) is 24.3 Å². The lowest BCUT2D eigenvalue weighted by Gasteiger charge is -2.33. The van der Waals surface area contributed by atoms with E-state index < -0.39 is 10.0 Å². The van der Waals surface area contributed by atoms with E-state index >= 15 is 0 Å². The summed E-state index contributed by atoms with van der Waals surface area (Å²) in [4.78, 5) is 14.0. The number of methoxy groups -OCH3 is 1. The van der Waals surface area contributed by atoms with Gasteiger partial charge in [0.25, 0.3) is 0 Å². The minimum Gasteiger partial charge on any atom is -0.493 e. The highest BCUT2D eigenvalue weighted by Crippen LogP contribution is 2.29. The van der Waals surface area contributed by atoms with E-state index in [0.29, 0.717) is 37.7 Å². The number of carbonyl (C=O) groups excluding carboxylic acids is 1. The molecule has 0 saturated carbocycles. The number of carbonyl (C=O) groups is 1. The monoisotopic (exact) mass is 396 g/mol. The van der Waals surface area contributed by atoms with Gasteiger partial charge in [0.05, 0.1) is 19.0 Å².